The van der Waals surface area contributed by atoms with E-state index < -0.39 is 11.5 Å². The highest BCUT2D eigenvalue weighted by molar-refractivity contribution is 5.69. The van der Waals surface area contributed by atoms with Gasteiger partial charge in [-0.05, 0) is 32.3 Å². The van der Waals surface area contributed by atoms with Crippen LogP contribution in [0.1, 0.15) is 44.6 Å². The zero-order valence-electron chi connectivity index (χ0n) is 19.4. The van der Waals surface area contributed by atoms with Gasteiger partial charge in [0, 0.05) is 82.3 Å². The van der Waals surface area contributed by atoms with Crippen molar-refractivity contribution in [3.63, 3.8) is 0 Å². The molecule has 0 radical (unpaired) electrons. The van der Waals surface area contributed by atoms with Crippen LogP contribution >= 0.6 is 0 Å². The van der Waals surface area contributed by atoms with Gasteiger partial charge in [-0.2, -0.15) is 0 Å². The molecule has 5 rings (SSSR count). The third-order valence-electron chi connectivity index (χ3n) is 7.99. The van der Waals surface area contributed by atoms with Gasteiger partial charge in [-0.1, -0.05) is 0 Å². The number of halogens is 2. The van der Waals surface area contributed by atoms with Crippen molar-refractivity contribution in [2.75, 3.05) is 64.0 Å². The van der Waals surface area contributed by atoms with Crippen LogP contribution in [-0.4, -0.2) is 86.0 Å². The van der Waals surface area contributed by atoms with Crippen molar-refractivity contribution in [3.05, 3.63) is 23.6 Å². The molecule has 0 aromatic carbocycles. The summed E-state index contributed by atoms with van der Waals surface area (Å²) in [5.74, 6) is 0.0805. The minimum atomic E-state index is -1.59. The largest absolute Gasteiger partial charge is 0.450 e. The number of piperazine rings is 1. The maximum absolute atomic E-state index is 15.7. The second-order valence-electron chi connectivity index (χ2n) is 10.1. The Morgan fingerprint density at radius 3 is 2.64 bits per heavy atom. The average Bonchev–Trinajstić information content (AvgIpc) is 3.25. The number of amides is 1. The number of aromatic nitrogens is 1. The molecule has 1 amide bonds. The summed E-state index contributed by atoms with van der Waals surface area (Å²) in [4.78, 5) is 22.7. The molecule has 7 nitrogen and oxygen atoms in total. The first-order valence-electron chi connectivity index (χ1n) is 12.2. The molecule has 1 atom stereocenters. The van der Waals surface area contributed by atoms with E-state index in [0.717, 1.165) is 58.5 Å². The molecule has 1 aromatic heterocycles. The summed E-state index contributed by atoms with van der Waals surface area (Å²) >= 11 is 0. The molecule has 1 saturated carbocycles. The summed E-state index contributed by atoms with van der Waals surface area (Å²) in [6.45, 7) is 7.78. The number of pyridine rings is 1. The van der Waals surface area contributed by atoms with E-state index in [-0.39, 0.29) is 24.3 Å². The van der Waals surface area contributed by atoms with Gasteiger partial charge >= 0.3 is 6.09 Å². The number of carbonyl (C=O) groups excluding carboxylic acids is 1. The lowest BCUT2D eigenvalue weighted by Crippen LogP contribution is -2.58. The molecular formula is C24H34F2N4O3. The van der Waals surface area contributed by atoms with E-state index in [1.165, 1.54) is 12.3 Å². The van der Waals surface area contributed by atoms with Gasteiger partial charge in [0.15, 0.2) is 0 Å². The fourth-order valence-corrected chi connectivity index (χ4v) is 6.16. The lowest BCUT2D eigenvalue weighted by molar-refractivity contribution is -0.0116. The van der Waals surface area contributed by atoms with Crippen LogP contribution in [0.4, 0.5) is 19.4 Å². The van der Waals surface area contributed by atoms with E-state index in [1.807, 2.05) is 11.8 Å². The second-order valence-corrected chi connectivity index (χ2v) is 10.1. The van der Waals surface area contributed by atoms with Crippen molar-refractivity contribution >= 4 is 11.9 Å². The number of rotatable bonds is 4. The first-order valence-corrected chi connectivity index (χ1v) is 12.2. The molecule has 1 aliphatic carbocycles. The lowest BCUT2D eigenvalue weighted by Gasteiger charge is -2.48. The summed E-state index contributed by atoms with van der Waals surface area (Å²) in [6, 6.07) is 1.84. The highest BCUT2D eigenvalue weighted by Crippen LogP contribution is 2.47. The molecule has 0 N–H and O–H groups in total. The van der Waals surface area contributed by atoms with Gasteiger partial charge in [0.1, 0.15) is 17.3 Å². The van der Waals surface area contributed by atoms with Crippen LogP contribution < -0.4 is 4.90 Å². The number of anilines is 1. The molecule has 33 heavy (non-hydrogen) atoms. The number of likely N-dealkylation sites (tertiary alicyclic amines) is 1. The second kappa shape index (κ2) is 8.98. The summed E-state index contributed by atoms with van der Waals surface area (Å²) < 4.78 is 40.2. The van der Waals surface area contributed by atoms with E-state index in [0.29, 0.717) is 37.2 Å². The molecule has 3 saturated heterocycles. The molecule has 4 fully saturated rings. The van der Waals surface area contributed by atoms with Crippen molar-refractivity contribution in [2.24, 2.45) is 5.41 Å². The van der Waals surface area contributed by atoms with Crippen molar-refractivity contribution in [2.45, 2.75) is 50.7 Å². The Kier molecular flexibility index (Phi) is 6.20. The van der Waals surface area contributed by atoms with Gasteiger partial charge in [-0.15, -0.1) is 0 Å². The van der Waals surface area contributed by atoms with Crippen LogP contribution in [0.15, 0.2) is 12.3 Å². The Balaban J connectivity index is 1.19. The van der Waals surface area contributed by atoms with E-state index >= 15 is 4.39 Å². The van der Waals surface area contributed by atoms with Crippen LogP contribution in [0.3, 0.4) is 0 Å². The summed E-state index contributed by atoms with van der Waals surface area (Å²) in [6.07, 6.45) is 4.86. The topological polar surface area (TPSA) is 58.1 Å². The highest BCUT2D eigenvalue weighted by Gasteiger charge is 2.51. The van der Waals surface area contributed by atoms with Crippen molar-refractivity contribution in [3.8, 4) is 0 Å². The van der Waals surface area contributed by atoms with E-state index in [4.69, 9.17) is 9.47 Å². The first-order chi connectivity index (χ1) is 15.9. The Labute approximate surface area is 194 Å². The summed E-state index contributed by atoms with van der Waals surface area (Å²) in [7, 11) is 0. The molecule has 3 aliphatic heterocycles. The maximum atomic E-state index is 15.7. The fraction of sp³-hybridized carbons (Fsp3) is 0.750. The standard InChI is InChI=1S/C24H34F2N4O3/c1-2-33-22(31)30-16-23(17-30)4-3-19(14-23)28-7-9-29(10-8-28)21-20(13-18(25)15-27-21)24(26)5-11-32-12-6-24/h13,15,19H,2-12,14,16-17H2,1H3/t19-/m1/s1. The minimum absolute atomic E-state index is 0.196. The molecule has 0 unspecified atom stereocenters. The highest BCUT2D eigenvalue weighted by atomic mass is 19.1. The molecule has 0 bridgehead atoms. The van der Waals surface area contributed by atoms with Crippen LogP contribution in [0.25, 0.3) is 0 Å². The SMILES string of the molecule is CCOC(=O)N1CC2(CC[C@@H](N3CCN(c4ncc(F)cc4C4(F)CCOCC4)CC3)C2)C1. The minimum Gasteiger partial charge on any atom is -0.450 e. The quantitative estimate of drug-likeness (QED) is 0.682. The van der Waals surface area contributed by atoms with Gasteiger partial charge in [0.05, 0.1) is 12.8 Å². The summed E-state index contributed by atoms with van der Waals surface area (Å²) in [5, 5.41) is 0. The molecule has 4 heterocycles. The Hall–Kier alpha value is -2.00. The molecule has 182 valence electrons. The maximum Gasteiger partial charge on any atom is 0.409 e. The Morgan fingerprint density at radius 2 is 1.94 bits per heavy atom. The van der Waals surface area contributed by atoms with Gasteiger partial charge in [-0.3, -0.25) is 4.90 Å². The van der Waals surface area contributed by atoms with Gasteiger partial charge in [0.2, 0.25) is 0 Å². The summed E-state index contributed by atoms with van der Waals surface area (Å²) in [5.41, 5.74) is -0.982. The molecule has 9 heteroatoms. The van der Waals surface area contributed by atoms with Gasteiger partial charge < -0.3 is 19.3 Å². The van der Waals surface area contributed by atoms with Crippen molar-refractivity contribution in [1.29, 1.82) is 0 Å². The molecular weight excluding hydrogens is 430 g/mol. The number of nitrogens with zero attached hydrogens (tertiary/aromatic N) is 4. The van der Waals surface area contributed by atoms with Crippen LogP contribution in [-0.2, 0) is 15.1 Å². The molecule has 1 aromatic rings. The normalized spacial score (nSPS) is 26.9. The number of carbonyl (C=O) groups is 1. The Bertz CT molecular complexity index is 865. The smallest absolute Gasteiger partial charge is 0.409 e. The first kappa shape index (κ1) is 22.8. The third kappa shape index (κ3) is 4.41. The lowest BCUT2D eigenvalue weighted by atomic mass is 9.78. The van der Waals surface area contributed by atoms with E-state index in [2.05, 4.69) is 14.8 Å². The zero-order chi connectivity index (χ0) is 23.1. The Morgan fingerprint density at radius 1 is 1.21 bits per heavy atom. The van der Waals surface area contributed by atoms with Crippen molar-refractivity contribution in [1.82, 2.24) is 14.8 Å². The third-order valence-corrected chi connectivity index (χ3v) is 7.99. The predicted molar refractivity (Wildman–Crippen MR) is 119 cm³/mol. The average molecular weight is 465 g/mol. The zero-order valence-corrected chi connectivity index (χ0v) is 19.4. The monoisotopic (exact) mass is 464 g/mol. The van der Waals surface area contributed by atoms with Gasteiger partial charge in [0.25, 0.3) is 0 Å². The number of alkyl halides is 1. The number of ether oxygens (including phenoxy) is 2. The molecule has 1 spiro atoms. The van der Waals surface area contributed by atoms with Crippen LogP contribution in [0.5, 0.6) is 0 Å². The van der Waals surface area contributed by atoms with Crippen molar-refractivity contribution < 1.29 is 23.0 Å². The van der Waals surface area contributed by atoms with E-state index in [1.54, 1.807) is 0 Å². The number of hydrogen-bond acceptors (Lipinski definition) is 6. The predicted octanol–water partition coefficient (Wildman–Crippen LogP) is 3.33. The molecule has 4 aliphatic rings. The van der Waals surface area contributed by atoms with E-state index in [9.17, 15) is 9.18 Å². The van der Waals surface area contributed by atoms with Crippen LogP contribution in [0, 0.1) is 11.2 Å². The number of hydrogen-bond donors (Lipinski definition) is 0. The fourth-order valence-electron chi connectivity index (χ4n) is 6.16. The van der Waals surface area contributed by atoms with Crippen LogP contribution in [0.2, 0.25) is 0 Å². The van der Waals surface area contributed by atoms with Gasteiger partial charge in [-0.25, -0.2) is 18.6 Å².